The molecule has 104 valence electrons. The van der Waals surface area contributed by atoms with Crippen LogP contribution < -0.4 is 5.32 Å². The summed E-state index contributed by atoms with van der Waals surface area (Å²) in [5.74, 6) is 1.61. The monoisotopic (exact) mass is 272 g/mol. The Morgan fingerprint density at radius 1 is 1.25 bits per heavy atom. The van der Waals surface area contributed by atoms with Gasteiger partial charge in [-0.15, -0.1) is 0 Å². The number of anilines is 1. The first kappa shape index (κ1) is 11.9. The summed E-state index contributed by atoms with van der Waals surface area (Å²) in [6.45, 7) is 0. The second kappa shape index (κ2) is 4.04. The minimum absolute atomic E-state index is 0.0260. The molecule has 5 nitrogen and oxygen atoms in total. The van der Waals surface area contributed by atoms with Gasteiger partial charge in [0, 0.05) is 17.8 Å². The van der Waals surface area contributed by atoms with Crippen LogP contribution in [0.2, 0.25) is 0 Å². The number of hydrogen-bond donors (Lipinski definition) is 1. The fourth-order valence-electron chi connectivity index (χ4n) is 4.51. The molecule has 4 rings (SSSR count). The summed E-state index contributed by atoms with van der Waals surface area (Å²) in [7, 11) is 0. The molecule has 0 spiro atoms. The van der Waals surface area contributed by atoms with Crippen molar-refractivity contribution in [3.8, 4) is 0 Å². The molecule has 2 bridgehead atoms. The number of fused-ring (bicyclic) bond motifs is 3. The highest BCUT2D eigenvalue weighted by molar-refractivity contribution is 6.03. The van der Waals surface area contributed by atoms with Crippen molar-refractivity contribution in [3.63, 3.8) is 0 Å². The first-order valence-electron chi connectivity index (χ1n) is 7.22. The summed E-state index contributed by atoms with van der Waals surface area (Å²) in [5, 5.41) is 13.8. The number of nitrogens with zero attached hydrogens (tertiary/aromatic N) is 1. The van der Waals surface area contributed by atoms with Crippen LogP contribution in [0.15, 0.2) is 18.2 Å². The largest absolute Gasteiger partial charge is 0.325 e. The van der Waals surface area contributed by atoms with Crippen molar-refractivity contribution in [3.05, 3.63) is 33.9 Å². The van der Waals surface area contributed by atoms with Gasteiger partial charge < -0.3 is 5.32 Å². The summed E-state index contributed by atoms with van der Waals surface area (Å²) in [6, 6.07) is 4.71. The molecule has 1 heterocycles. The van der Waals surface area contributed by atoms with E-state index in [0.717, 1.165) is 23.6 Å². The van der Waals surface area contributed by atoms with E-state index in [9.17, 15) is 14.9 Å². The van der Waals surface area contributed by atoms with Gasteiger partial charge in [-0.3, -0.25) is 14.9 Å². The van der Waals surface area contributed by atoms with Gasteiger partial charge in [-0.1, -0.05) is 6.42 Å². The lowest BCUT2D eigenvalue weighted by Crippen LogP contribution is -2.25. The number of carbonyl (C=O) groups excluding carboxylic acids is 1. The number of amides is 1. The van der Waals surface area contributed by atoms with Crippen LogP contribution >= 0.6 is 0 Å². The van der Waals surface area contributed by atoms with Crippen LogP contribution in [-0.2, 0) is 4.79 Å². The molecule has 2 saturated carbocycles. The molecule has 2 fully saturated rings. The molecule has 1 N–H and O–H groups in total. The van der Waals surface area contributed by atoms with E-state index in [2.05, 4.69) is 5.32 Å². The van der Waals surface area contributed by atoms with Gasteiger partial charge in [0.2, 0.25) is 5.91 Å². The topological polar surface area (TPSA) is 72.2 Å². The number of hydrogen-bond acceptors (Lipinski definition) is 3. The highest BCUT2D eigenvalue weighted by Crippen LogP contribution is 2.55. The van der Waals surface area contributed by atoms with Gasteiger partial charge in [-0.2, -0.15) is 0 Å². The maximum atomic E-state index is 12.3. The molecule has 0 radical (unpaired) electrons. The first-order valence-corrected chi connectivity index (χ1v) is 7.22. The minimum Gasteiger partial charge on any atom is -0.325 e. The molecule has 5 heteroatoms. The standard InChI is InChI=1S/C15H16N2O3/c18-15-14(11-6-8-1-2-9(11)5-8)12-7-10(17(19)20)3-4-13(12)16-15/h3-4,7-9,11,14H,1-2,5-6H2,(H,16,18). The van der Waals surface area contributed by atoms with Crippen molar-refractivity contribution < 1.29 is 9.72 Å². The third kappa shape index (κ3) is 1.58. The number of rotatable bonds is 2. The van der Waals surface area contributed by atoms with Gasteiger partial charge in [0.1, 0.15) is 0 Å². The van der Waals surface area contributed by atoms with Crippen LogP contribution in [0.3, 0.4) is 0 Å². The lowest BCUT2D eigenvalue weighted by molar-refractivity contribution is -0.384. The lowest BCUT2D eigenvalue weighted by atomic mass is 9.76. The first-order chi connectivity index (χ1) is 9.63. The molecule has 0 saturated heterocycles. The molecule has 4 unspecified atom stereocenters. The maximum absolute atomic E-state index is 12.3. The Hall–Kier alpha value is -1.91. The van der Waals surface area contributed by atoms with E-state index >= 15 is 0 Å². The average molecular weight is 272 g/mol. The summed E-state index contributed by atoms with van der Waals surface area (Å²) < 4.78 is 0. The summed E-state index contributed by atoms with van der Waals surface area (Å²) in [5.41, 5.74) is 1.67. The van der Waals surface area contributed by atoms with Gasteiger partial charge in [0.15, 0.2) is 0 Å². The van der Waals surface area contributed by atoms with Crippen LogP contribution in [0.25, 0.3) is 0 Å². The van der Waals surface area contributed by atoms with E-state index < -0.39 is 0 Å². The van der Waals surface area contributed by atoms with E-state index in [4.69, 9.17) is 0 Å². The van der Waals surface area contributed by atoms with E-state index in [1.54, 1.807) is 12.1 Å². The summed E-state index contributed by atoms with van der Waals surface area (Å²) in [6.07, 6.45) is 4.84. The Morgan fingerprint density at radius 2 is 2.10 bits per heavy atom. The molecule has 1 amide bonds. The second-order valence-corrected chi connectivity index (χ2v) is 6.33. The molecule has 3 aliphatic rings. The van der Waals surface area contributed by atoms with Crippen LogP contribution in [0.1, 0.15) is 37.2 Å². The fraction of sp³-hybridized carbons (Fsp3) is 0.533. The van der Waals surface area contributed by atoms with Gasteiger partial charge in [-0.25, -0.2) is 0 Å². The zero-order valence-corrected chi connectivity index (χ0v) is 11.0. The third-order valence-electron chi connectivity index (χ3n) is 5.34. The van der Waals surface area contributed by atoms with Crippen LogP contribution in [0.5, 0.6) is 0 Å². The lowest BCUT2D eigenvalue weighted by Gasteiger charge is -2.26. The number of non-ortho nitro benzene ring substituents is 1. The van der Waals surface area contributed by atoms with E-state index in [-0.39, 0.29) is 22.4 Å². The molecule has 20 heavy (non-hydrogen) atoms. The molecule has 1 aromatic carbocycles. The zero-order chi connectivity index (χ0) is 13.9. The van der Waals surface area contributed by atoms with Crippen molar-refractivity contribution in [2.24, 2.45) is 17.8 Å². The molecule has 4 atom stereocenters. The predicted octanol–water partition coefficient (Wildman–Crippen LogP) is 3.07. The van der Waals surface area contributed by atoms with E-state index in [1.165, 1.54) is 25.3 Å². The Labute approximate surface area is 116 Å². The fourth-order valence-corrected chi connectivity index (χ4v) is 4.51. The van der Waals surface area contributed by atoms with Gasteiger partial charge in [0.05, 0.1) is 10.8 Å². The number of carbonyl (C=O) groups is 1. The second-order valence-electron chi connectivity index (χ2n) is 6.33. The van der Waals surface area contributed by atoms with Crippen molar-refractivity contribution in [2.45, 2.75) is 31.6 Å². The zero-order valence-electron chi connectivity index (χ0n) is 11.0. The number of nitro groups is 1. The maximum Gasteiger partial charge on any atom is 0.269 e. The molecular weight excluding hydrogens is 256 g/mol. The van der Waals surface area contributed by atoms with Crippen molar-refractivity contribution >= 4 is 17.3 Å². The van der Waals surface area contributed by atoms with Gasteiger partial charge >= 0.3 is 0 Å². The molecule has 2 aliphatic carbocycles. The van der Waals surface area contributed by atoms with Crippen LogP contribution in [0.4, 0.5) is 11.4 Å². The van der Waals surface area contributed by atoms with Crippen LogP contribution in [0, 0.1) is 27.9 Å². The van der Waals surface area contributed by atoms with Gasteiger partial charge in [-0.05, 0) is 48.6 Å². The Balaban J connectivity index is 1.73. The quantitative estimate of drug-likeness (QED) is 0.664. The molecular formula is C15H16N2O3. The highest BCUT2D eigenvalue weighted by Gasteiger charge is 2.48. The van der Waals surface area contributed by atoms with Crippen molar-refractivity contribution in [2.75, 3.05) is 5.32 Å². The molecule has 1 aliphatic heterocycles. The van der Waals surface area contributed by atoms with Crippen molar-refractivity contribution in [1.82, 2.24) is 0 Å². The third-order valence-corrected chi connectivity index (χ3v) is 5.34. The Bertz CT molecular complexity index is 613. The number of benzene rings is 1. The van der Waals surface area contributed by atoms with Crippen molar-refractivity contribution in [1.29, 1.82) is 0 Å². The molecule has 0 aromatic heterocycles. The van der Waals surface area contributed by atoms with Crippen LogP contribution in [-0.4, -0.2) is 10.8 Å². The minimum atomic E-state index is -0.388. The molecule has 1 aromatic rings. The summed E-state index contributed by atoms with van der Waals surface area (Å²) in [4.78, 5) is 22.8. The normalized spacial score (nSPS) is 34.1. The number of nitrogens with one attached hydrogen (secondary N) is 1. The van der Waals surface area contributed by atoms with E-state index in [0.29, 0.717) is 11.8 Å². The number of nitro benzene ring substituents is 1. The average Bonchev–Trinajstić information content (AvgIpc) is 3.09. The Kier molecular flexibility index (Phi) is 2.40. The smallest absolute Gasteiger partial charge is 0.269 e. The van der Waals surface area contributed by atoms with Gasteiger partial charge in [0.25, 0.3) is 5.69 Å². The Morgan fingerprint density at radius 3 is 2.75 bits per heavy atom. The van der Waals surface area contributed by atoms with E-state index in [1.807, 2.05) is 0 Å². The predicted molar refractivity (Wildman–Crippen MR) is 73.4 cm³/mol. The SMILES string of the molecule is O=C1Nc2ccc([N+](=O)[O-])cc2C1C1CC2CCC1C2. The summed E-state index contributed by atoms with van der Waals surface area (Å²) >= 11 is 0. The highest BCUT2D eigenvalue weighted by atomic mass is 16.6.